The first-order valence-corrected chi connectivity index (χ1v) is 8.38. The molecule has 0 spiro atoms. The summed E-state index contributed by atoms with van der Waals surface area (Å²) in [6.07, 6.45) is 0. The zero-order valence-electron chi connectivity index (χ0n) is 13.8. The Morgan fingerprint density at radius 2 is 2.04 bits per heavy atom. The smallest absolute Gasteiger partial charge is 0.313 e. The van der Waals surface area contributed by atoms with Gasteiger partial charge in [0.05, 0.1) is 5.75 Å². The van der Waals surface area contributed by atoms with Crippen LogP contribution in [-0.2, 0) is 17.9 Å². The van der Waals surface area contributed by atoms with Crippen LogP contribution in [-0.4, -0.2) is 31.6 Å². The summed E-state index contributed by atoms with van der Waals surface area (Å²) in [4.78, 5) is 10.7. The third-order valence-corrected chi connectivity index (χ3v) is 4.51. The number of aromatic nitrogens is 3. The molecule has 1 aromatic heterocycles. The largest absolute Gasteiger partial charge is 0.485 e. The van der Waals surface area contributed by atoms with E-state index in [1.54, 1.807) is 0 Å². The summed E-state index contributed by atoms with van der Waals surface area (Å²) in [6.45, 7) is 9.07. The van der Waals surface area contributed by atoms with E-state index in [0.29, 0.717) is 24.1 Å². The van der Waals surface area contributed by atoms with Crippen molar-refractivity contribution >= 4 is 17.7 Å². The predicted molar refractivity (Wildman–Crippen MR) is 89.0 cm³/mol. The lowest BCUT2D eigenvalue weighted by atomic mass is 10.1. The molecule has 0 fully saturated rings. The summed E-state index contributed by atoms with van der Waals surface area (Å²) < 4.78 is 7.80. The number of carboxylic acid groups (broad SMARTS) is 1. The highest BCUT2D eigenvalue weighted by Gasteiger charge is 2.14. The molecule has 1 N–H and O–H groups in total. The first kappa shape index (κ1) is 17.3. The Morgan fingerprint density at radius 1 is 1.30 bits per heavy atom. The number of hydrogen-bond donors (Lipinski definition) is 1. The van der Waals surface area contributed by atoms with Gasteiger partial charge in [-0.2, -0.15) is 0 Å². The summed E-state index contributed by atoms with van der Waals surface area (Å²) in [5.74, 6) is 0.631. The van der Waals surface area contributed by atoms with E-state index < -0.39 is 5.97 Å². The lowest BCUT2D eigenvalue weighted by Crippen LogP contribution is -2.08. The van der Waals surface area contributed by atoms with Crippen molar-refractivity contribution in [2.24, 2.45) is 0 Å². The maximum atomic E-state index is 10.7. The van der Waals surface area contributed by atoms with Crippen LogP contribution in [0.2, 0.25) is 0 Å². The fourth-order valence-corrected chi connectivity index (χ4v) is 3.01. The fraction of sp³-hybridized carbons (Fsp3) is 0.438. The minimum absolute atomic E-state index is 0.0326. The van der Waals surface area contributed by atoms with Crippen LogP contribution in [0, 0.1) is 20.8 Å². The lowest BCUT2D eigenvalue weighted by Gasteiger charge is -2.13. The van der Waals surface area contributed by atoms with Crippen LogP contribution >= 0.6 is 11.8 Å². The highest BCUT2D eigenvalue weighted by atomic mass is 32.2. The number of carbonyl (C=O) groups is 1. The topological polar surface area (TPSA) is 77.2 Å². The number of aryl methyl sites for hydroxylation is 2. The molecule has 0 aliphatic carbocycles. The minimum Gasteiger partial charge on any atom is -0.485 e. The zero-order valence-corrected chi connectivity index (χ0v) is 14.6. The van der Waals surface area contributed by atoms with E-state index in [1.807, 2.05) is 31.4 Å². The van der Waals surface area contributed by atoms with Crippen molar-refractivity contribution in [3.8, 4) is 5.75 Å². The average molecular weight is 335 g/mol. The molecule has 2 rings (SSSR count). The van der Waals surface area contributed by atoms with Gasteiger partial charge in [-0.1, -0.05) is 17.8 Å². The van der Waals surface area contributed by atoms with Gasteiger partial charge in [0, 0.05) is 6.54 Å². The van der Waals surface area contributed by atoms with Gasteiger partial charge in [0.15, 0.2) is 11.0 Å². The maximum Gasteiger partial charge on any atom is 0.313 e. The van der Waals surface area contributed by atoms with Crippen LogP contribution in [0.15, 0.2) is 17.3 Å². The molecule has 23 heavy (non-hydrogen) atoms. The predicted octanol–water partition coefficient (Wildman–Crippen LogP) is 2.98. The van der Waals surface area contributed by atoms with Gasteiger partial charge in [-0.15, -0.1) is 10.2 Å². The number of thioether (sulfide) groups is 1. The summed E-state index contributed by atoms with van der Waals surface area (Å²) in [5, 5.41) is 17.6. The van der Waals surface area contributed by atoms with Crippen molar-refractivity contribution in [1.82, 2.24) is 14.8 Å². The van der Waals surface area contributed by atoms with E-state index >= 15 is 0 Å². The molecule has 0 saturated heterocycles. The molecule has 7 heteroatoms. The molecule has 0 amide bonds. The first-order chi connectivity index (χ1) is 10.9. The number of hydrogen-bond acceptors (Lipinski definition) is 5. The highest BCUT2D eigenvalue weighted by Crippen LogP contribution is 2.24. The number of nitrogens with zero attached hydrogens (tertiary/aromatic N) is 3. The molecule has 0 saturated carbocycles. The summed E-state index contributed by atoms with van der Waals surface area (Å²) >= 11 is 1.16. The monoisotopic (exact) mass is 335 g/mol. The van der Waals surface area contributed by atoms with Crippen LogP contribution in [0.3, 0.4) is 0 Å². The second-order valence-corrected chi connectivity index (χ2v) is 6.26. The molecule has 0 atom stereocenters. The van der Waals surface area contributed by atoms with E-state index in [1.165, 1.54) is 5.56 Å². The molecule has 0 radical (unpaired) electrons. The Bertz CT molecular complexity index is 713. The van der Waals surface area contributed by atoms with Crippen LogP contribution < -0.4 is 4.74 Å². The summed E-state index contributed by atoms with van der Waals surface area (Å²) in [6, 6.07) is 4.13. The van der Waals surface area contributed by atoms with Crippen LogP contribution in [0.4, 0.5) is 0 Å². The Morgan fingerprint density at radius 3 is 2.70 bits per heavy atom. The molecule has 0 aliphatic rings. The van der Waals surface area contributed by atoms with E-state index in [9.17, 15) is 4.79 Å². The third-order valence-electron chi connectivity index (χ3n) is 3.56. The average Bonchev–Trinajstić information content (AvgIpc) is 2.89. The number of ether oxygens (including phenoxy) is 1. The zero-order chi connectivity index (χ0) is 17.0. The first-order valence-electron chi connectivity index (χ1n) is 7.39. The van der Waals surface area contributed by atoms with Crippen molar-refractivity contribution in [2.45, 2.75) is 46.0 Å². The Kier molecular flexibility index (Phi) is 5.65. The molecule has 0 aliphatic heterocycles. The molecule has 124 valence electrons. The summed E-state index contributed by atoms with van der Waals surface area (Å²) in [7, 11) is 0. The molecule has 1 heterocycles. The van der Waals surface area contributed by atoms with Crippen molar-refractivity contribution in [3.05, 3.63) is 34.6 Å². The van der Waals surface area contributed by atoms with Crippen molar-refractivity contribution in [1.29, 1.82) is 0 Å². The van der Waals surface area contributed by atoms with Gasteiger partial charge in [-0.3, -0.25) is 4.79 Å². The molecule has 1 aromatic carbocycles. The van der Waals surface area contributed by atoms with Gasteiger partial charge >= 0.3 is 5.97 Å². The van der Waals surface area contributed by atoms with E-state index in [-0.39, 0.29) is 5.75 Å². The Labute approximate surface area is 139 Å². The molecule has 0 unspecified atom stereocenters. The van der Waals surface area contributed by atoms with Gasteiger partial charge in [0.2, 0.25) is 0 Å². The number of benzene rings is 1. The molecule has 6 nitrogen and oxygen atoms in total. The fourth-order valence-electron chi connectivity index (χ4n) is 2.27. The normalized spacial score (nSPS) is 10.8. The van der Waals surface area contributed by atoms with Gasteiger partial charge in [-0.25, -0.2) is 0 Å². The highest BCUT2D eigenvalue weighted by molar-refractivity contribution is 7.99. The van der Waals surface area contributed by atoms with Crippen LogP contribution in [0.1, 0.15) is 29.4 Å². The van der Waals surface area contributed by atoms with Crippen LogP contribution in [0.25, 0.3) is 0 Å². The standard InChI is InChI=1S/C16H21N3O3S/c1-5-19-14(17-18-16(19)23-9-15(20)21)8-22-13-7-10(2)6-11(3)12(13)4/h6-7H,5,8-9H2,1-4H3,(H,20,21). The number of rotatable bonds is 7. The SMILES string of the molecule is CCn1c(COc2cc(C)cc(C)c2C)nnc1SCC(=O)O. The quantitative estimate of drug-likeness (QED) is 0.784. The number of carboxylic acids is 1. The van der Waals surface area contributed by atoms with E-state index in [0.717, 1.165) is 28.6 Å². The Balaban J connectivity index is 2.13. The van der Waals surface area contributed by atoms with Gasteiger partial charge in [0.25, 0.3) is 0 Å². The van der Waals surface area contributed by atoms with Gasteiger partial charge in [-0.05, 0) is 50.5 Å². The molecule has 0 bridgehead atoms. The van der Waals surface area contributed by atoms with Gasteiger partial charge < -0.3 is 14.4 Å². The third kappa shape index (κ3) is 4.25. The van der Waals surface area contributed by atoms with Gasteiger partial charge in [0.1, 0.15) is 12.4 Å². The molecular weight excluding hydrogens is 314 g/mol. The Hall–Kier alpha value is -2.02. The second kappa shape index (κ2) is 7.50. The van der Waals surface area contributed by atoms with E-state index in [2.05, 4.69) is 23.2 Å². The van der Waals surface area contributed by atoms with Crippen LogP contribution in [0.5, 0.6) is 5.75 Å². The lowest BCUT2D eigenvalue weighted by molar-refractivity contribution is -0.133. The summed E-state index contributed by atoms with van der Waals surface area (Å²) in [5.41, 5.74) is 3.45. The van der Waals surface area contributed by atoms with Crippen molar-refractivity contribution < 1.29 is 14.6 Å². The second-order valence-electron chi connectivity index (χ2n) is 5.32. The van der Waals surface area contributed by atoms with Crippen molar-refractivity contribution in [2.75, 3.05) is 5.75 Å². The molecule has 2 aromatic rings. The minimum atomic E-state index is -0.871. The number of aliphatic carboxylic acids is 1. The molecular formula is C16H21N3O3S. The van der Waals surface area contributed by atoms with E-state index in [4.69, 9.17) is 9.84 Å². The maximum absolute atomic E-state index is 10.7. The van der Waals surface area contributed by atoms with Crippen molar-refractivity contribution in [3.63, 3.8) is 0 Å².